The van der Waals surface area contributed by atoms with E-state index in [-0.39, 0.29) is 0 Å². The Labute approximate surface area is 56.7 Å². The van der Waals surface area contributed by atoms with Crippen LogP contribution in [0.2, 0.25) is 21.3 Å². The summed E-state index contributed by atoms with van der Waals surface area (Å²) in [7, 11) is 0. The number of hydrogen-bond acceptors (Lipinski definition) is 0. The molecule has 2 aliphatic rings. The molecule has 0 amide bonds. The summed E-state index contributed by atoms with van der Waals surface area (Å²) < 4.78 is 0. The summed E-state index contributed by atoms with van der Waals surface area (Å²) in [5.41, 5.74) is 1.00. The van der Waals surface area contributed by atoms with Gasteiger partial charge < -0.3 is 0 Å². The van der Waals surface area contributed by atoms with Gasteiger partial charge in [-0.25, -0.2) is 0 Å². The molecule has 0 aliphatic carbocycles. The van der Waals surface area contributed by atoms with Crippen molar-refractivity contribution >= 4 is 29.9 Å². The van der Waals surface area contributed by atoms with Gasteiger partial charge in [0.15, 0.2) is 0 Å². The zero-order valence-corrected chi connectivity index (χ0v) is 7.57. The molecule has 0 aromatic rings. The van der Waals surface area contributed by atoms with E-state index >= 15 is 0 Å². The summed E-state index contributed by atoms with van der Waals surface area (Å²) in [4.78, 5) is 0. The van der Waals surface area contributed by atoms with Crippen LogP contribution in [-0.4, -0.2) is 29.9 Å². The average molecular weight is 226 g/mol. The van der Waals surface area contributed by atoms with Crippen LogP contribution >= 0.6 is 0 Å². The first-order chi connectivity index (χ1) is 3.41. The summed E-state index contributed by atoms with van der Waals surface area (Å²) in [6.07, 6.45) is 0. The van der Waals surface area contributed by atoms with Crippen molar-refractivity contribution in [2.24, 2.45) is 5.41 Å². The average Bonchev–Trinajstić information content (AvgIpc) is 1.20. The molecule has 0 bridgehead atoms. The first-order valence-corrected chi connectivity index (χ1v) is 7.41. The number of hydrogen-bond donors (Lipinski definition) is 0. The molecule has 0 atom stereocenters. The Kier molecular flexibility index (Phi) is 1.05. The third-order valence-corrected chi connectivity index (χ3v) is 8.49. The van der Waals surface area contributed by atoms with Crippen molar-refractivity contribution in [1.29, 1.82) is 0 Å². The van der Waals surface area contributed by atoms with Gasteiger partial charge in [-0.15, -0.1) is 0 Å². The Hall–Kier alpha value is 1.04. The van der Waals surface area contributed by atoms with Crippen LogP contribution in [0.15, 0.2) is 0 Å². The molecule has 2 heteroatoms. The summed E-state index contributed by atoms with van der Waals surface area (Å²) >= 11 is 2.19. The molecule has 0 aromatic heterocycles. The Morgan fingerprint density at radius 2 is 1.29 bits per heavy atom. The molecule has 2 aliphatic heterocycles. The van der Waals surface area contributed by atoms with Crippen LogP contribution in [0.4, 0.5) is 0 Å². The van der Waals surface area contributed by atoms with Gasteiger partial charge in [-0.2, -0.15) is 0 Å². The minimum atomic E-state index is 1.00. The maximum absolute atomic E-state index is 1.64. The van der Waals surface area contributed by atoms with Crippen LogP contribution in [0.1, 0.15) is 0 Å². The third kappa shape index (κ3) is 0.616. The molecule has 0 unspecified atom stereocenters. The van der Waals surface area contributed by atoms with Crippen LogP contribution in [0.3, 0.4) is 0 Å². The fraction of sp³-hybridized carbons (Fsp3) is 1.00. The Bertz CT molecular complexity index is 66.6. The van der Waals surface area contributed by atoms with Crippen LogP contribution in [0.25, 0.3) is 0 Å². The predicted molar refractivity (Wildman–Crippen MR) is 33.2 cm³/mol. The van der Waals surface area contributed by atoms with Crippen molar-refractivity contribution < 1.29 is 0 Å². The molecule has 0 N–H and O–H groups in total. The second-order valence-electron chi connectivity index (χ2n) is 2.49. The molecular formula is C5H8Se2. The van der Waals surface area contributed by atoms with Gasteiger partial charge in [0.2, 0.25) is 0 Å². The quantitative estimate of drug-likeness (QED) is 0.542. The first kappa shape index (κ1) is 4.88. The second kappa shape index (κ2) is 1.51. The van der Waals surface area contributed by atoms with Gasteiger partial charge in [-0.1, -0.05) is 0 Å². The van der Waals surface area contributed by atoms with E-state index in [0.717, 1.165) is 35.3 Å². The zero-order chi connectivity index (χ0) is 4.74. The zero-order valence-electron chi connectivity index (χ0n) is 4.14. The standard InChI is InChI=1S/C5H8Se2/c1-5(2-6-1)3-7-4-5/h1-4H2. The van der Waals surface area contributed by atoms with Gasteiger partial charge >= 0.3 is 56.6 Å². The van der Waals surface area contributed by atoms with Crippen LogP contribution < -0.4 is 0 Å². The Balaban J connectivity index is 2.00. The SMILES string of the molecule is C1[Se]CC12C[Se]C2. The molecular weight excluding hydrogens is 218 g/mol. The molecule has 0 radical (unpaired) electrons. The molecule has 7 heavy (non-hydrogen) atoms. The summed E-state index contributed by atoms with van der Waals surface area (Å²) in [6.45, 7) is 0. The van der Waals surface area contributed by atoms with Gasteiger partial charge in [0.05, 0.1) is 0 Å². The normalized spacial score (nSPS) is 34.3. The first-order valence-electron chi connectivity index (χ1n) is 2.57. The van der Waals surface area contributed by atoms with E-state index in [4.69, 9.17) is 0 Å². The van der Waals surface area contributed by atoms with Crippen LogP contribution in [0.5, 0.6) is 0 Å². The fourth-order valence-electron chi connectivity index (χ4n) is 0.948. The molecule has 2 saturated heterocycles. The van der Waals surface area contributed by atoms with Crippen molar-refractivity contribution in [2.45, 2.75) is 21.3 Å². The molecule has 2 heterocycles. The van der Waals surface area contributed by atoms with E-state index in [0.29, 0.717) is 0 Å². The molecule has 0 nitrogen and oxygen atoms in total. The molecule has 2 rings (SSSR count). The van der Waals surface area contributed by atoms with Crippen LogP contribution in [0, 0.1) is 5.41 Å². The minimum absolute atomic E-state index is 1.00. The van der Waals surface area contributed by atoms with Gasteiger partial charge in [0.1, 0.15) is 0 Å². The summed E-state index contributed by atoms with van der Waals surface area (Å²) in [5.74, 6) is 0. The predicted octanol–water partition coefficient (Wildman–Crippen LogP) is 1.08. The van der Waals surface area contributed by atoms with E-state index in [2.05, 4.69) is 0 Å². The van der Waals surface area contributed by atoms with E-state index in [1.165, 1.54) is 0 Å². The van der Waals surface area contributed by atoms with Gasteiger partial charge in [-0.05, 0) is 0 Å². The molecule has 0 saturated carbocycles. The maximum atomic E-state index is 1.64. The fourth-order valence-corrected chi connectivity index (χ4v) is 8.56. The molecule has 2 fully saturated rings. The second-order valence-corrected chi connectivity index (χ2v) is 6.62. The topological polar surface area (TPSA) is 0 Å². The van der Waals surface area contributed by atoms with E-state index in [9.17, 15) is 0 Å². The van der Waals surface area contributed by atoms with Gasteiger partial charge in [0, 0.05) is 0 Å². The van der Waals surface area contributed by atoms with E-state index in [1.807, 2.05) is 0 Å². The van der Waals surface area contributed by atoms with Gasteiger partial charge in [-0.3, -0.25) is 0 Å². The third-order valence-electron chi connectivity index (χ3n) is 1.63. The molecule has 40 valence electrons. The molecule has 1 spiro atoms. The van der Waals surface area contributed by atoms with Crippen molar-refractivity contribution in [1.82, 2.24) is 0 Å². The van der Waals surface area contributed by atoms with Crippen molar-refractivity contribution in [3.63, 3.8) is 0 Å². The number of rotatable bonds is 0. The van der Waals surface area contributed by atoms with Crippen molar-refractivity contribution in [3.8, 4) is 0 Å². The molecule has 0 aromatic carbocycles. The van der Waals surface area contributed by atoms with Crippen LogP contribution in [-0.2, 0) is 0 Å². The van der Waals surface area contributed by atoms with Crippen molar-refractivity contribution in [2.75, 3.05) is 0 Å². The van der Waals surface area contributed by atoms with Crippen molar-refractivity contribution in [3.05, 3.63) is 0 Å². The van der Waals surface area contributed by atoms with E-state index < -0.39 is 0 Å². The van der Waals surface area contributed by atoms with E-state index in [1.54, 1.807) is 21.3 Å². The Morgan fingerprint density at radius 3 is 1.29 bits per heavy atom. The Morgan fingerprint density at radius 1 is 0.857 bits per heavy atom. The monoisotopic (exact) mass is 228 g/mol. The van der Waals surface area contributed by atoms with Gasteiger partial charge in [0.25, 0.3) is 0 Å². The summed E-state index contributed by atoms with van der Waals surface area (Å²) in [5, 5.41) is 6.56. The summed E-state index contributed by atoms with van der Waals surface area (Å²) in [6, 6.07) is 0.